The van der Waals surface area contributed by atoms with Gasteiger partial charge < -0.3 is 15.2 Å². The molecule has 0 amide bonds. The number of rotatable bonds is 2. The Morgan fingerprint density at radius 1 is 1.24 bits per heavy atom. The Morgan fingerprint density at radius 3 is 2.76 bits per heavy atom. The summed E-state index contributed by atoms with van der Waals surface area (Å²) in [5.74, 6) is 1.77. The maximum atomic E-state index is 6.44. The Bertz CT molecular complexity index is 536. The first-order chi connectivity index (χ1) is 9.78. The highest BCUT2D eigenvalue weighted by atomic mass is 16.5. The molecule has 116 valence electrons. The molecule has 2 unspecified atom stereocenters. The highest BCUT2D eigenvalue weighted by Crippen LogP contribution is 2.44. The van der Waals surface area contributed by atoms with Gasteiger partial charge in [0, 0.05) is 18.0 Å². The van der Waals surface area contributed by atoms with Gasteiger partial charge in [0.1, 0.15) is 11.7 Å². The molecule has 3 heteroatoms. The van der Waals surface area contributed by atoms with Crippen LogP contribution in [0.2, 0.25) is 0 Å². The first-order valence-corrected chi connectivity index (χ1v) is 8.02. The summed E-state index contributed by atoms with van der Waals surface area (Å²) in [7, 11) is 0. The summed E-state index contributed by atoms with van der Waals surface area (Å²) in [5.41, 5.74) is 7.67. The number of para-hydroxylation sites is 1. The number of hydrogen-bond acceptors (Lipinski definition) is 3. The molecule has 3 rings (SSSR count). The van der Waals surface area contributed by atoms with Crippen molar-refractivity contribution in [3.05, 3.63) is 23.8 Å². The molecular formula is C18H27NO2. The van der Waals surface area contributed by atoms with Crippen LogP contribution in [0.4, 0.5) is 0 Å². The van der Waals surface area contributed by atoms with Gasteiger partial charge in [-0.2, -0.15) is 0 Å². The number of fused-ring (bicyclic) bond motifs is 1. The highest BCUT2D eigenvalue weighted by molar-refractivity contribution is 5.50. The van der Waals surface area contributed by atoms with E-state index in [0.29, 0.717) is 0 Å². The van der Waals surface area contributed by atoms with Crippen LogP contribution in [-0.4, -0.2) is 17.7 Å². The Hall–Kier alpha value is -1.22. The van der Waals surface area contributed by atoms with Gasteiger partial charge in [0.15, 0.2) is 11.5 Å². The van der Waals surface area contributed by atoms with Crippen molar-refractivity contribution in [3.63, 3.8) is 0 Å². The van der Waals surface area contributed by atoms with E-state index in [9.17, 15) is 0 Å². The summed E-state index contributed by atoms with van der Waals surface area (Å²) in [6, 6.07) is 6.26. The van der Waals surface area contributed by atoms with Crippen molar-refractivity contribution >= 4 is 0 Å². The van der Waals surface area contributed by atoms with Gasteiger partial charge in [-0.05, 0) is 44.6 Å². The lowest BCUT2D eigenvalue weighted by Crippen LogP contribution is -2.51. The van der Waals surface area contributed by atoms with Crippen molar-refractivity contribution in [2.24, 2.45) is 11.1 Å². The van der Waals surface area contributed by atoms with Crippen LogP contribution >= 0.6 is 0 Å². The van der Waals surface area contributed by atoms with Gasteiger partial charge in [-0.3, -0.25) is 0 Å². The molecule has 0 bridgehead atoms. The quantitative estimate of drug-likeness (QED) is 0.903. The van der Waals surface area contributed by atoms with Gasteiger partial charge in [-0.1, -0.05) is 26.0 Å². The largest absolute Gasteiger partial charge is 0.485 e. The second kappa shape index (κ2) is 4.91. The molecule has 2 atom stereocenters. The normalized spacial score (nSPS) is 29.6. The second-order valence-corrected chi connectivity index (χ2v) is 7.85. The minimum atomic E-state index is -0.143. The van der Waals surface area contributed by atoms with Crippen molar-refractivity contribution in [1.29, 1.82) is 0 Å². The van der Waals surface area contributed by atoms with Crippen molar-refractivity contribution in [1.82, 2.24) is 0 Å². The number of ether oxygens (including phenoxy) is 2. The maximum Gasteiger partial charge on any atom is 0.165 e. The third-order valence-corrected chi connectivity index (χ3v) is 4.95. The maximum absolute atomic E-state index is 6.44. The van der Waals surface area contributed by atoms with Crippen LogP contribution in [0.5, 0.6) is 11.5 Å². The molecule has 1 fully saturated rings. The molecule has 1 aromatic rings. The zero-order valence-corrected chi connectivity index (χ0v) is 13.6. The van der Waals surface area contributed by atoms with Gasteiger partial charge in [-0.15, -0.1) is 0 Å². The Kier molecular flexibility index (Phi) is 3.44. The number of hydrogen-bond donors (Lipinski definition) is 1. The van der Waals surface area contributed by atoms with Crippen molar-refractivity contribution < 1.29 is 9.47 Å². The van der Waals surface area contributed by atoms with E-state index in [1.54, 1.807) is 0 Å². The topological polar surface area (TPSA) is 44.5 Å². The summed E-state index contributed by atoms with van der Waals surface area (Å²) in [6.45, 7) is 8.71. The fraction of sp³-hybridized carbons (Fsp3) is 0.667. The fourth-order valence-electron chi connectivity index (χ4n) is 3.58. The molecule has 2 aliphatic rings. The van der Waals surface area contributed by atoms with E-state index in [-0.39, 0.29) is 23.2 Å². The van der Waals surface area contributed by atoms with E-state index < -0.39 is 0 Å². The van der Waals surface area contributed by atoms with Gasteiger partial charge in [0.05, 0.1) is 0 Å². The van der Waals surface area contributed by atoms with E-state index >= 15 is 0 Å². The molecule has 2 N–H and O–H groups in total. The SMILES string of the molecule is CC1(C)Cc2cccc(OC3CCCC(C)(C)C3N)c2O1. The Balaban J connectivity index is 1.82. The molecule has 1 aromatic carbocycles. The lowest BCUT2D eigenvalue weighted by Gasteiger charge is -2.41. The van der Waals surface area contributed by atoms with Crippen LogP contribution < -0.4 is 15.2 Å². The lowest BCUT2D eigenvalue weighted by molar-refractivity contribution is 0.0512. The van der Waals surface area contributed by atoms with Crippen LogP contribution in [0, 0.1) is 5.41 Å². The molecule has 1 saturated carbocycles. The van der Waals surface area contributed by atoms with Gasteiger partial charge in [0.2, 0.25) is 0 Å². The summed E-state index contributed by atoms with van der Waals surface area (Å²) in [6.07, 6.45) is 4.38. The predicted octanol–water partition coefficient (Wildman–Crippen LogP) is 3.68. The summed E-state index contributed by atoms with van der Waals surface area (Å²) in [5, 5.41) is 0. The van der Waals surface area contributed by atoms with Crippen LogP contribution in [0.3, 0.4) is 0 Å². The van der Waals surface area contributed by atoms with E-state index in [1.165, 1.54) is 18.4 Å². The van der Waals surface area contributed by atoms with Gasteiger partial charge >= 0.3 is 0 Å². The first kappa shape index (κ1) is 14.7. The van der Waals surface area contributed by atoms with Gasteiger partial charge in [-0.25, -0.2) is 0 Å². The van der Waals surface area contributed by atoms with Crippen LogP contribution in [-0.2, 0) is 6.42 Å². The fourth-order valence-corrected chi connectivity index (χ4v) is 3.58. The summed E-state index contributed by atoms with van der Waals surface area (Å²) < 4.78 is 12.4. The zero-order valence-electron chi connectivity index (χ0n) is 13.6. The minimum Gasteiger partial charge on any atom is -0.485 e. The highest BCUT2D eigenvalue weighted by Gasteiger charge is 2.39. The molecule has 0 spiro atoms. The van der Waals surface area contributed by atoms with Crippen LogP contribution in [0.25, 0.3) is 0 Å². The average Bonchev–Trinajstić information content (AvgIpc) is 2.70. The molecule has 1 heterocycles. The zero-order chi connectivity index (χ0) is 15.3. The number of benzene rings is 1. The van der Waals surface area contributed by atoms with Crippen molar-refractivity contribution in [3.8, 4) is 11.5 Å². The van der Waals surface area contributed by atoms with E-state index in [4.69, 9.17) is 15.2 Å². The van der Waals surface area contributed by atoms with E-state index in [0.717, 1.165) is 24.3 Å². The van der Waals surface area contributed by atoms with Crippen LogP contribution in [0.1, 0.15) is 52.5 Å². The van der Waals surface area contributed by atoms with Crippen LogP contribution in [0.15, 0.2) is 18.2 Å². The molecule has 0 radical (unpaired) electrons. The van der Waals surface area contributed by atoms with Crippen molar-refractivity contribution in [2.45, 2.75) is 71.1 Å². The first-order valence-electron chi connectivity index (χ1n) is 8.02. The Labute approximate surface area is 127 Å². The third kappa shape index (κ3) is 2.76. The monoisotopic (exact) mass is 289 g/mol. The molecule has 1 aliphatic carbocycles. The standard InChI is InChI=1S/C18H27NO2/c1-17(2)10-6-9-14(16(17)19)20-13-8-5-7-12-11-18(3,4)21-15(12)13/h5,7-8,14,16H,6,9-11,19H2,1-4H3. The van der Waals surface area contributed by atoms with Gasteiger partial charge in [0.25, 0.3) is 0 Å². The molecule has 1 aliphatic heterocycles. The Morgan fingerprint density at radius 2 is 2.00 bits per heavy atom. The lowest BCUT2D eigenvalue weighted by atomic mass is 9.72. The second-order valence-electron chi connectivity index (χ2n) is 7.85. The number of nitrogens with two attached hydrogens (primary N) is 1. The minimum absolute atomic E-state index is 0.0662. The predicted molar refractivity (Wildman–Crippen MR) is 84.9 cm³/mol. The van der Waals surface area contributed by atoms with Crippen molar-refractivity contribution in [2.75, 3.05) is 0 Å². The molecular weight excluding hydrogens is 262 g/mol. The third-order valence-electron chi connectivity index (χ3n) is 4.95. The van der Waals surface area contributed by atoms with E-state index in [1.807, 2.05) is 6.07 Å². The molecule has 21 heavy (non-hydrogen) atoms. The van der Waals surface area contributed by atoms with E-state index in [2.05, 4.69) is 39.8 Å². The summed E-state index contributed by atoms with van der Waals surface area (Å²) in [4.78, 5) is 0. The average molecular weight is 289 g/mol. The summed E-state index contributed by atoms with van der Waals surface area (Å²) >= 11 is 0. The molecule has 3 nitrogen and oxygen atoms in total. The molecule has 0 saturated heterocycles. The smallest absolute Gasteiger partial charge is 0.165 e. The molecule has 0 aromatic heterocycles.